The Hall–Kier alpha value is -1.99. The molecular formula is C15H9ClF3N. The van der Waals surface area contributed by atoms with E-state index in [1.54, 1.807) is 24.3 Å². The van der Waals surface area contributed by atoms with Crippen LogP contribution in [0.25, 0.3) is 11.1 Å². The summed E-state index contributed by atoms with van der Waals surface area (Å²) in [6.45, 7) is 0. The number of hydrogen-bond donors (Lipinski definition) is 0. The van der Waals surface area contributed by atoms with Crippen molar-refractivity contribution < 1.29 is 13.2 Å². The highest BCUT2D eigenvalue weighted by molar-refractivity contribution is 6.31. The molecule has 0 aliphatic heterocycles. The lowest BCUT2D eigenvalue weighted by atomic mass is 10.00. The van der Waals surface area contributed by atoms with Gasteiger partial charge in [0.1, 0.15) is 0 Å². The van der Waals surface area contributed by atoms with Gasteiger partial charge in [0.2, 0.25) is 0 Å². The fraction of sp³-hybridized carbons (Fsp3) is 0.133. The first kappa shape index (κ1) is 14.4. The molecule has 0 radical (unpaired) electrons. The van der Waals surface area contributed by atoms with Crippen LogP contribution in [-0.4, -0.2) is 0 Å². The zero-order valence-electron chi connectivity index (χ0n) is 10.2. The third kappa shape index (κ3) is 3.12. The molecule has 0 aromatic heterocycles. The van der Waals surface area contributed by atoms with E-state index in [0.29, 0.717) is 21.7 Å². The van der Waals surface area contributed by atoms with E-state index in [-0.39, 0.29) is 6.42 Å². The Morgan fingerprint density at radius 1 is 1.05 bits per heavy atom. The van der Waals surface area contributed by atoms with Crippen molar-refractivity contribution in [2.24, 2.45) is 0 Å². The first-order valence-corrected chi connectivity index (χ1v) is 6.12. The van der Waals surface area contributed by atoms with Crippen LogP contribution >= 0.6 is 11.6 Å². The zero-order valence-corrected chi connectivity index (χ0v) is 11.0. The monoisotopic (exact) mass is 295 g/mol. The Balaban J connectivity index is 2.47. The normalized spacial score (nSPS) is 11.2. The largest absolute Gasteiger partial charge is 0.416 e. The van der Waals surface area contributed by atoms with Crippen LogP contribution in [0.4, 0.5) is 13.2 Å². The maximum atomic E-state index is 12.7. The summed E-state index contributed by atoms with van der Waals surface area (Å²) in [6, 6.07) is 11.9. The maximum absolute atomic E-state index is 12.7. The summed E-state index contributed by atoms with van der Waals surface area (Å²) in [6.07, 6.45) is -4.26. The van der Waals surface area contributed by atoms with E-state index in [1.807, 2.05) is 6.07 Å². The third-order valence-electron chi connectivity index (χ3n) is 2.84. The summed E-state index contributed by atoms with van der Waals surface area (Å²) in [5, 5.41) is 9.13. The van der Waals surface area contributed by atoms with Gasteiger partial charge in [-0.25, -0.2) is 0 Å². The summed E-state index contributed by atoms with van der Waals surface area (Å²) < 4.78 is 38.1. The van der Waals surface area contributed by atoms with Crippen molar-refractivity contribution in [2.75, 3.05) is 0 Å². The Bertz CT molecular complexity index is 672. The lowest BCUT2D eigenvalue weighted by Gasteiger charge is -2.10. The number of benzene rings is 2. The van der Waals surface area contributed by atoms with E-state index < -0.39 is 11.7 Å². The molecule has 20 heavy (non-hydrogen) atoms. The highest BCUT2D eigenvalue weighted by Gasteiger charge is 2.30. The molecule has 0 saturated heterocycles. The van der Waals surface area contributed by atoms with Crippen LogP contribution in [0, 0.1) is 11.3 Å². The van der Waals surface area contributed by atoms with Gasteiger partial charge < -0.3 is 0 Å². The number of halogens is 4. The van der Waals surface area contributed by atoms with Gasteiger partial charge in [-0.15, -0.1) is 0 Å². The van der Waals surface area contributed by atoms with Gasteiger partial charge in [0.05, 0.1) is 18.1 Å². The van der Waals surface area contributed by atoms with Crippen LogP contribution in [0.1, 0.15) is 11.1 Å². The summed E-state index contributed by atoms with van der Waals surface area (Å²) in [5.41, 5.74) is 0.942. The molecule has 0 aliphatic carbocycles. The van der Waals surface area contributed by atoms with Crippen molar-refractivity contribution in [3.05, 3.63) is 58.6 Å². The summed E-state index contributed by atoms with van der Waals surface area (Å²) in [4.78, 5) is 0. The van der Waals surface area contributed by atoms with E-state index in [0.717, 1.165) is 12.1 Å². The lowest BCUT2D eigenvalue weighted by molar-refractivity contribution is -0.137. The van der Waals surface area contributed by atoms with Gasteiger partial charge >= 0.3 is 6.18 Å². The summed E-state index contributed by atoms with van der Waals surface area (Å²) >= 11 is 5.94. The molecule has 0 saturated carbocycles. The predicted octanol–water partition coefficient (Wildman–Crippen LogP) is 5.09. The molecule has 2 aromatic carbocycles. The van der Waals surface area contributed by atoms with Crippen molar-refractivity contribution in [2.45, 2.75) is 12.6 Å². The van der Waals surface area contributed by atoms with Gasteiger partial charge in [0, 0.05) is 5.02 Å². The van der Waals surface area contributed by atoms with Crippen LogP contribution in [0.3, 0.4) is 0 Å². The third-order valence-corrected chi connectivity index (χ3v) is 3.21. The van der Waals surface area contributed by atoms with E-state index in [4.69, 9.17) is 16.9 Å². The van der Waals surface area contributed by atoms with Crippen LogP contribution in [-0.2, 0) is 12.6 Å². The molecular weight excluding hydrogens is 287 g/mol. The fourth-order valence-electron chi connectivity index (χ4n) is 1.85. The first-order chi connectivity index (χ1) is 9.41. The lowest BCUT2D eigenvalue weighted by Crippen LogP contribution is -2.04. The molecule has 5 heteroatoms. The highest BCUT2D eigenvalue weighted by atomic mass is 35.5. The molecule has 0 N–H and O–H groups in total. The molecule has 0 bridgehead atoms. The van der Waals surface area contributed by atoms with E-state index in [1.165, 1.54) is 6.07 Å². The van der Waals surface area contributed by atoms with Gasteiger partial charge in [-0.1, -0.05) is 29.8 Å². The van der Waals surface area contributed by atoms with Gasteiger partial charge in [-0.2, -0.15) is 18.4 Å². The van der Waals surface area contributed by atoms with Crippen LogP contribution in [0.15, 0.2) is 42.5 Å². The average Bonchev–Trinajstić information content (AvgIpc) is 2.41. The molecule has 0 aliphatic rings. The Morgan fingerprint density at radius 2 is 1.75 bits per heavy atom. The van der Waals surface area contributed by atoms with Crippen molar-refractivity contribution in [3.63, 3.8) is 0 Å². The maximum Gasteiger partial charge on any atom is 0.416 e. The topological polar surface area (TPSA) is 23.8 Å². The second-order valence-corrected chi connectivity index (χ2v) is 4.63. The minimum absolute atomic E-state index is 0.117. The van der Waals surface area contributed by atoms with Crippen molar-refractivity contribution >= 4 is 11.6 Å². The molecule has 0 atom stereocenters. The SMILES string of the molecule is N#CCc1cc(-c2cccc(C(F)(F)F)c2)ccc1Cl. The molecule has 0 unspecified atom stereocenters. The van der Waals surface area contributed by atoms with Gasteiger partial charge in [0.15, 0.2) is 0 Å². The highest BCUT2D eigenvalue weighted by Crippen LogP contribution is 2.33. The van der Waals surface area contributed by atoms with Crippen molar-refractivity contribution in [3.8, 4) is 17.2 Å². The van der Waals surface area contributed by atoms with E-state index in [9.17, 15) is 13.2 Å². The molecule has 1 nitrogen and oxygen atoms in total. The van der Waals surface area contributed by atoms with Gasteiger partial charge in [-0.05, 0) is 41.0 Å². The second-order valence-electron chi connectivity index (χ2n) is 4.22. The van der Waals surface area contributed by atoms with Crippen molar-refractivity contribution in [1.82, 2.24) is 0 Å². The van der Waals surface area contributed by atoms with Crippen LogP contribution in [0.5, 0.6) is 0 Å². The minimum atomic E-state index is -4.38. The summed E-state index contributed by atoms with van der Waals surface area (Å²) in [7, 11) is 0. The summed E-state index contributed by atoms with van der Waals surface area (Å²) in [5.74, 6) is 0. The van der Waals surface area contributed by atoms with Gasteiger partial charge in [0.25, 0.3) is 0 Å². The zero-order chi connectivity index (χ0) is 14.8. The quantitative estimate of drug-likeness (QED) is 0.757. The number of alkyl halides is 3. The molecule has 0 spiro atoms. The first-order valence-electron chi connectivity index (χ1n) is 5.75. The average molecular weight is 296 g/mol. The van der Waals surface area contributed by atoms with E-state index in [2.05, 4.69) is 0 Å². The van der Waals surface area contributed by atoms with Crippen molar-refractivity contribution in [1.29, 1.82) is 5.26 Å². The molecule has 0 amide bonds. The number of nitriles is 1. The predicted molar refractivity (Wildman–Crippen MR) is 71.2 cm³/mol. The number of nitrogens with zero attached hydrogens (tertiary/aromatic N) is 1. The van der Waals surface area contributed by atoms with E-state index >= 15 is 0 Å². The second kappa shape index (κ2) is 5.56. The number of hydrogen-bond acceptors (Lipinski definition) is 1. The Labute approximate surface area is 119 Å². The minimum Gasteiger partial charge on any atom is -0.198 e. The molecule has 0 heterocycles. The fourth-order valence-corrected chi connectivity index (χ4v) is 2.03. The molecule has 2 aromatic rings. The Kier molecular flexibility index (Phi) is 4.01. The standard InChI is InChI=1S/C15H9ClF3N/c16-14-5-4-11(8-12(14)6-7-20)10-2-1-3-13(9-10)15(17,18)19/h1-5,8-9H,6H2. The van der Waals surface area contributed by atoms with Crippen LogP contribution < -0.4 is 0 Å². The molecule has 0 fully saturated rings. The van der Waals surface area contributed by atoms with Gasteiger partial charge in [-0.3, -0.25) is 0 Å². The smallest absolute Gasteiger partial charge is 0.198 e. The number of rotatable bonds is 2. The molecule has 2 rings (SSSR count). The van der Waals surface area contributed by atoms with Crippen LogP contribution in [0.2, 0.25) is 5.02 Å². The Morgan fingerprint density at radius 3 is 2.40 bits per heavy atom. The molecule has 102 valence electrons.